The van der Waals surface area contributed by atoms with Crippen molar-refractivity contribution in [2.45, 2.75) is 42.5 Å². The molecule has 0 saturated carbocycles. The third kappa shape index (κ3) is 3.91. The van der Waals surface area contributed by atoms with E-state index in [1.165, 1.54) is 24.1 Å². The number of aliphatic hydroxyl groups is 1. The highest BCUT2D eigenvalue weighted by Crippen LogP contribution is 2.48. The number of anilines is 1. The van der Waals surface area contributed by atoms with Crippen LogP contribution in [0.5, 0.6) is 0 Å². The minimum absolute atomic E-state index is 0.0116. The normalized spacial score (nSPS) is 27.8. The maximum absolute atomic E-state index is 13.8. The van der Waals surface area contributed by atoms with Gasteiger partial charge in [0.2, 0.25) is 0 Å². The van der Waals surface area contributed by atoms with E-state index in [1.54, 1.807) is 35.4 Å². The second kappa shape index (κ2) is 8.65. The Morgan fingerprint density at radius 1 is 1.26 bits per heavy atom. The molecule has 2 fully saturated rings. The molecule has 0 aromatic heterocycles. The van der Waals surface area contributed by atoms with Crippen LogP contribution in [0.2, 0.25) is 0 Å². The Balaban J connectivity index is 1.37. The highest BCUT2D eigenvalue weighted by atomic mass is 32.2. The van der Waals surface area contributed by atoms with Gasteiger partial charge in [0, 0.05) is 18.5 Å². The first kappa shape index (κ1) is 22.6. The Morgan fingerprint density at radius 2 is 2.03 bits per heavy atom. The lowest BCUT2D eigenvalue weighted by molar-refractivity contribution is -0.133. The van der Waals surface area contributed by atoms with Crippen LogP contribution in [0.4, 0.5) is 15.8 Å². The summed E-state index contributed by atoms with van der Waals surface area (Å²) in [5, 5.41) is 11.3. The smallest absolute Gasteiger partial charge is 0.261 e. The first-order chi connectivity index (χ1) is 16.9. The number of aliphatic imine (C=N–C) groups is 1. The van der Waals surface area contributed by atoms with Crippen molar-refractivity contribution in [2.75, 3.05) is 11.0 Å². The van der Waals surface area contributed by atoms with Gasteiger partial charge in [0.1, 0.15) is 28.1 Å². The second-order valence-corrected chi connectivity index (χ2v) is 11.0. The van der Waals surface area contributed by atoms with Crippen LogP contribution in [0.3, 0.4) is 0 Å². The molecule has 2 saturated heterocycles. The highest BCUT2D eigenvalue weighted by Gasteiger charge is 2.58. The van der Waals surface area contributed by atoms with Gasteiger partial charge in [-0.25, -0.2) is 13.6 Å². The highest BCUT2D eigenvalue weighted by molar-refractivity contribution is 7.98. The Hall–Kier alpha value is -2.89. The second-order valence-electron chi connectivity index (χ2n) is 9.03. The molecule has 4 aliphatic heterocycles. The van der Waals surface area contributed by atoms with Gasteiger partial charge in [0.15, 0.2) is 5.84 Å². The third-order valence-corrected chi connectivity index (χ3v) is 8.22. The predicted octanol–water partition coefficient (Wildman–Crippen LogP) is 3.57. The molecule has 6 rings (SSSR count). The quantitative estimate of drug-likeness (QED) is 0.527. The summed E-state index contributed by atoms with van der Waals surface area (Å²) >= 11 is 1.27. The van der Waals surface area contributed by atoms with E-state index < -0.39 is 11.0 Å². The summed E-state index contributed by atoms with van der Waals surface area (Å²) in [6.45, 7) is 0.282. The lowest BCUT2D eigenvalue weighted by atomic mass is 9.78. The summed E-state index contributed by atoms with van der Waals surface area (Å²) in [7, 11) is -1.20. The number of rotatable bonds is 5. The van der Waals surface area contributed by atoms with E-state index in [0.717, 1.165) is 23.3 Å². The summed E-state index contributed by atoms with van der Waals surface area (Å²) in [5.41, 5.74) is 2.27. The largest absolute Gasteiger partial charge is 0.511 e. The van der Waals surface area contributed by atoms with Crippen LogP contribution in [0.15, 0.2) is 63.7 Å². The zero-order valence-electron chi connectivity index (χ0n) is 18.7. The van der Waals surface area contributed by atoms with Crippen molar-refractivity contribution in [1.29, 1.82) is 0 Å². The molecule has 35 heavy (non-hydrogen) atoms. The minimum Gasteiger partial charge on any atom is -0.511 e. The maximum Gasteiger partial charge on any atom is 0.261 e. The number of halogens is 1. The van der Waals surface area contributed by atoms with E-state index in [2.05, 4.69) is 14.4 Å². The molecular formula is C24H23FN4O4S2. The Labute approximate surface area is 208 Å². The van der Waals surface area contributed by atoms with Crippen molar-refractivity contribution >= 4 is 46.1 Å². The number of nitrogens with zero attached hydrogens (tertiary/aromatic N) is 2. The summed E-state index contributed by atoms with van der Waals surface area (Å²) < 4.78 is 37.0. The van der Waals surface area contributed by atoms with Gasteiger partial charge in [0.05, 0.1) is 34.8 Å². The number of ether oxygens (including phenoxy) is 1. The van der Waals surface area contributed by atoms with Crippen molar-refractivity contribution in [3.05, 3.63) is 65.2 Å². The monoisotopic (exact) mass is 514 g/mol. The number of hydrogen-bond donors (Lipinski definition) is 3. The van der Waals surface area contributed by atoms with Crippen molar-refractivity contribution in [3.8, 4) is 0 Å². The molecule has 4 heterocycles. The van der Waals surface area contributed by atoms with Crippen LogP contribution in [0.1, 0.15) is 18.4 Å². The van der Waals surface area contributed by atoms with Gasteiger partial charge in [-0.05, 0) is 60.7 Å². The molecule has 11 heteroatoms. The molecule has 0 spiro atoms. The lowest BCUT2D eigenvalue weighted by Gasteiger charge is -2.42. The molecule has 2 bridgehead atoms. The minimum atomic E-state index is -1.20. The fraction of sp³-hybridized carbons (Fsp3) is 0.333. The molecule has 2 aromatic carbocycles. The first-order valence-corrected chi connectivity index (χ1v) is 13.7. The molecule has 182 valence electrons. The number of carbonyl (C=O) groups excluding carboxylic acids is 1. The average molecular weight is 515 g/mol. The van der Waals surface area contributed by atoms with Gasteiger partial charge in [-0.1, -0.05) is 12.1 Å². The van der Waals surface area contributed by atoms with Crippen molar-refractivity contribution in [1.82, 2.24) is 9.62 Å². The molecule has 0 aliphatic carbocycles. The van der Waals surface area contributed by atoms with E-state index in [4.69, 9.17) is 4.74 Å². The molecule has 5 atom stereocenters. The molecule has 2 aromatic rings. The van der Waals surface area contributed by atoms with Crippen LogP contribution >= 0.6 is 11.9 Å². The fourth-order valence-electron chi connectivity index (χ4n) is 5.40. The summed E-state index contributed by atoms with van der Waals surface area (Å²) in [6.07, 6.45) is 2.92. The summed E-state index contributed by atoms with van der Waals surface area (Å²) in [5.74, 6) is -0.700. The summed E-state index contributed by atoms with van der Waals surface area (Å²) in [4.78, 5) is 21.0. The van der Waals surface area contributed by atoms with Crippen LogP contribution in [0.25, 0.3) is 0 Å². The van der Waals surface area contributed by atoms with E-state index in [-0.39, 0.29) is 59.6 Å². The van der Waals surface area contributed by atoms with Gasteiger partial charge >= 0.3 is 0 Å². The number of carbonyl (C=O) groups is 1. The number of amidine groups is 1. The number of aliphatic hydroxyl groups excluding tert-OH is 1. The molecule has 8 nitrogen and oxygen atoms in total. The average Bonchev–Trinajstić information content (AvgIpc) is 3.45. The summed E-state index contributed by atoms with van der Waals surface area (Å²) in [6, 6.07) is 11.2. The van der Waals surface area contributed by atoms with E-state index in [9.17, 15) is 18.5 Å². The SMILES string of the molecule is CS(=O)Nc1ccc2c(c1)SNC(C1=C(O)C3C4CCC(O4)C3N(Cc3ccc(F)cc3)C1=O)=N2. The number of hydrogen-bond acceptors (Lipinski definition) is 7. The third-order valence-electron chi connectivity index (χ3n) is 6.86. The molecule has 0 radical (unpaired) electrons. The van der Waals surface area contributed by atoms with E-state index in [0.29, 0.717) is 11.4 Å². The van der Waals surface area contributed by atoms with Crippen molar-refractivity contribution < 1.29 is 23.2 Å². The Kier molecular flexibility index (Phi) is 5.58. The van der Waals surface area contributed by atoms with Crippen molar-refractivity contribution in [3.63, 3.8) is 0 Å². The molecule has 5 unspecified atom stereocenters. The fourth-order valence-corrected chi connectivity index (χ4v) is 6.62. The van der Waals surface area contributed by atoms with Gasteiger partial charge < -0.3 is 24.2 Å². The predicted molar refractivity (Wildman–Crippen MR) is 132 cm³/mol. The van der Waals surface area contributed by atoms with Crippen molar-refractivity contribution in [2.24, 2.45) is 10.9 Å². The standard InChI is InChI=1S/C24H23FN4O4S2/c1-35(32)28-14-6-7-15-18(10-14)34-27-23(26-15)20-22(30)19-16-8-9-17(33-16)21(19)29(24(20)31)11-12-2-4-13(25)5-3-12/h2-7,10,16-17,19,21,28,30H,8-9,11H2,1H3,(H,26,27). The molecule has 4 aliphatic rings. The van der Waals surface area contributed by atoms with Crippen LogP contribution < -0.4 is 9.44 Å². The Bertz CT molecular complexity index is 1300. The number of fused-ring (bicyclic) bond motifs is 6. The number of nitrogens with one attached hydrogen (secondary N) is 2. The zero-order valence-corrected chi connectivity index (χ0v) is 20.4. The first-order valence-electron chi connectivity index (χ1n) is 11.3. The number of amides is 1. The van der Waals surface area contributed by atoms with Crippen LogP contribution in [-0.4, -0.2) is 50.5 Å². The van der Waals surface area contributed by atoms with Gasteiger partial charge in [-0.3, -0.25) is 4.79 Å². The zero-order chi connectivity index (χ0) is 24.3. The van der Waals surface area contributed by atoms with Crippen LogP contribution in [0, 0.1) is 11.7 Å². The van der Waals surface area contributed by atoms with E-state index >= 15 is 0 Å². The van der Waals surface area contributed by atoms with Gasteiger partial charge in [0.25, 0.3) is 5.91 Å². The Morgan fingerprint density at radius 3 is 2.80 bits per heavy atom. The lowest BCUT2D eigenvalue weighted by Crippen LogP contribution is -2.55. The molecule has 3 N–H and O–H groups in total. The van der Waals surface area contributed by atoms with Gasteiger partial charge in [-0.2, -0.15) is 0 Å². The van der Waals surface area contributed by atoms with Gasteiger partial charge in [-0.15, -0.1) is 0 Å². The topological polar surface area (TPSA) is 103 Å². The number of benzene rings is 2. The molecule has 1 amide bonds. The van der Waals surface area contributed by atoms with Crippen LogP contribution in [-0.2, 0) is 27.1 Å². The van der Waals surface area contributed by atoms with E-state index in [1.807, 2.05) is 6.07 Å². The molecular weight excluding hydrogens is 491 g/mol. The maximum atomic E-state index is 13.8.